The number of hydrogen-bond donors (Lipinski definition) is 2. The van der Waals surface area contributed by atoms with Crippen molar-refractivity contribution in [3.05, 3.63) is 77.9 Å². The number of sulfonamides is 1. The molecular weight excluding hydrogens is 514 g/mol. The Morgan fingerprint density at radius 1 is 1.00 bits per heavy atom. The van der Waals surface area contributed by atoms with E-state index in [4.69, 9.17) is 0 Å². The Hall–Kier alpha value is -3.54. The third kappa shape index (κ3) is 5.15. The van der Waals surface area contributed by atoms with Crippen LogP contribution in [0.15, 0.2) is 76.5 Å². The molecular formula is C26H25N3O6S2. The summed E-state index contributed by atoms with van der Waals surface area (Å²) >= 11 is 0. The molecule has 3 aromatic rings. The predicted octanol–water partition coefficient (Wildman–Crippen LogP) is 2.44. The summed E-state index contributed by atoms with van der Waals surface area (Å²) in [6.45, 7) is 0.620. The highest BCUT2D eigenvalue weighted by Gasteiger charge is 2.31. The number of amides is 2. The van der Waals surface area contributed by atoms with Gasteiger partial charge in [0, 0.05) is 42.2 Å². The van der Waals surface area contributed by atoms with Gasteiger partial charge in [0.2, 0.25) is 15.9 Å². The monoisotopic (exact) mass is 539 g/mol. The normalized spacial score (nSPS) is 17.5. The predicted molar refractivity (Wildman–Crippen MR) is 138 cm³/mol. The summed E-state index contributed by atoms with van der Waals surface area (Å²) in [7, 11) is -7.24. The van der Waals surface area contributed by atoms with Crippen molar-refractivity contribution >= 4 is 37.4 Å². The van der Waals surface area contributed by atoms with E-state index < -0.39 is 25.9 Å². The molecule has 9 nitrogen and oxygen atoms in total. The van der Waals surface area contributed by atoms with Crippen LogP contribution in [0.2, 0.25) is 0 Å². The first-order valence-electron chi connectivity index (χ1n) is 11.7. The van der Waals surface area contributed by atoms with Gasteiger partial charge in [-0.3, -0.25) is 9.59 Å². The molecule has 3 aromatic carbocycles. The average molecular weight is 540 g/mol. The molecule has 37 heavy (non-hydrogen) atoms. The number of sulfone groups is 1. The van der Waals surface area contributed by atoms with Crippen molar-refractivity contribution < 1.29 is 26.4 Å². The van der Waals surface area contributed by atoms with Crippen molar-refractivity contribution in [1.82, 2.24) is 9.62 Å². The highest BCUT2D eigenvalue weighted by molar-refractivity contribution is 7.90. The second-order valence-electron chi connectivity index (χ2n) is 9.25. The fourth-order valence-corrected chi connectivity index (χ4v) is 6.93. The summed E-state index contributed by atoms with van der Waals surface area (Å²) in [5.41, 5.74) is 2.92. The molecule has 0 aliphatic carbocycles. The molecule has 2 aliphatic rings. The molecule has 0 radical (unpaired) electrons. The van der Waals surface area contributed by atoms with Crippen LogP contribution < -0.4 is 10.0 Å². The standard InChI is InChI=1S/C26H25N3O6S2/c1-36(32,33)24-5-3-2-4-22(24)17-6-8-18(9-7-17)26(31)29-13-12-20(16-29)28-37(34,35)21-10-11-23-19(14-21)15-25(30)27-23/h2-11,14,20,28H,12-13,15-16H2,1H3,(H,27,30). The van der Waals surface area contributed by atoms with Gasteiger partial charge >= 0.3 is 0 Å². The minimum Gasteiger partial charge on any atom is -0.337 e. The van der Waals surface area contributed by atoms with E-state index >= 15 is 0 Å². The molecule has 11 heteroatoms. The van der Waals surface area contributed by atoms with Crippen molar-refractivity contribution in [3.63, 3.8) is 0 Å². The van der Waals surface area contributed by atoms with Crippen LogP contribution in [0.1, 0.15) is 22.3 Å². The van der Waals surface area contributed by atoms with Crippen LogP contribution in [-0.4, -0.2) is 58.9 Å². The van der Waals surface area contributed by atoms with E-state index in [-0.39, 0.29) is 34.6 Å². The first kappa shape index (κ1) is 25.1. The summed E-state index contributed by atoms with van der Waals surface area (Å²) in [5.74, 6) is -0.401. The van der Waals surface area contributed by atoms with Gasteiger partial charge in [0.05, 0.1) is 16.2 Å². The van der Waals surface area contributed by atoms with Gasteiger partial charge in [0.1, 0.15) is 0 Å². The molecule has 192 valence electrons. The Morgan fingerprint density at radius 3 is 2.46 bits per heavy atom. The lowest BCUT2D eigenvalue weighted by Gasteiger charge is -2.18. The number of rotatable bonds is 6. The molecule has 0 aromatic heterocycles. The van der Waals surface area contributed by atoms with Crippen LogP contribution in [0, 0.1) is 0 Å². The van der Waals surface area contributed by atoms with Gasteiger partial charge in [-0.05, 0) is 53.9 Å². The number of carbonyl (C=O) groups is 2. The summed E-state index contributed by atoms with van der Waals surface area (Å²) < 4.78 is 52.8. The zero-order chi connectivity index (χ0) is 26.4. The topological polar surface area (TPSA) is 130 Å². The Kier molecular flexibility index (Phi) is 6.38. The molecule has 2 amide bonds. The third-order valence-corrected chi connectivity index (χ3v) is 9.21. The number of fused-ring (bicyclic) bond motifs is 1. The van der Waals surface area contributed by atoms with Gasteiger partial charge in [0.25, 0.3) is 5.91 Å². The first-order chi connectivity index (χ1) is 17.5. The second kappa shape index (κ2) is 9.40. The Labute approximate surface area is 215 Å². The SMILES string of the molecule is CS(=O)(=O)c1ccccc1-c1ccc(C(=O)N2CCC(NS(=O)(=O)c3ccc4c(c3)CC(=O)N4)C2)cc1. The third-order valence-electron chi connectivity index (χ3n) is 6.54. The quantitative estimate of drug-likeness (QED) is 0.495. The fraction of sp³-hybridized carbons (Fsp3) is 0.231. The van der Waals surface area contributed by atoms with E-state index in [1.54, 1.807) is 59.5 Å². The molecule has 2 N–H and O–H groups in total. The molecule has 0 bridgehead atoms. The Bertz CT molecular complexity index is 1620. The highest BCUT2D eigenvalue weighted by Crippen LogP contribution is 2.29. The van der Waals surface area contributed by atoms with Crippen LogP contribution in [0.3, 0.4) is 0 Å². The number of hydrogen-bond acceptors (Lipinski definition) is 6. The van der Waals surface area contributed by atoms with Gasteiger partial charge in [-0.25, -0.2) is 21.6 Å². The number of carbonyl (C=O) groups excluding carboxylic acids is 2. The minimum absolute atomic E-state index is 0.0810. The molecule has 2 heterocycles. The van der Waals surface area contributed by atoms with E-state index in [0.717, 1.165) is 6.26 Å². The smallest absolute Gasteiger partial charge is 0.253 e. The number of nitrogens with one attached hydrogen (secondary N) is 2. The zero-order valence-electron chi connectivity index (χ0n) is 20.0. The molecule has 2 aliphatic heterocycles. The average Bonchev–Trinajstić information content (AvgIpc) is 3.47. The maximum Gasteiger partial charge on any atom is 0.253 e. The van der Waals surface area contributed by atoms with Crippen LogP contribution in [-0.2, 0) is 31.1 Å². The van der Waals surface area contributed by atoms with E-state index in [9.17, 15) is 26.4 Å². The highest BCUT2D eigenvalue weighted by atomic mass is 32.2. The second-order valence-corrected chi connectivity index (χ2v) is 12.9. The van der Waals surface area contributed by atoms with Crippen LogP contribution in [0.5, 0.6) is 0 Å². The van der Waals surface area contributed by atoms with Crippen molar-refractivity contribution in [2.45, 2.75) is 28.7 Å². The maximum absolute atomic E-state index is 13.1. The van der Waals surface area contributed by atoms with Gasteiger partial charge in [0.15, 0.2) is 9.84 Å². The summed E-state index contributed by atoms with van der Waals surface area (Å²) in [6, 6.07) is 17.5. The van der Waals surface area contributed by atoms with E-state index in [2.05, 4.69) is 10.0 Å². The largest absolute Gasteiger partial charge is 0.337 e. The summed E-state index contributed by atoms with van der Waals surface area (Å²) in [4.78, 5) is 26.5. The van der Waals surface area contributed by atoms with Crippen LogP contribution in [0.4, 0.5) is 5.69 Å². The van der Waals surface area contributed by atoms with Crippen LogP contribution >= 0.6 is 0 Å². The van der Waals surface area contributed by atoms with Gasteiger partial charge in [-0.1, -0.05) is 30.3 Å². The van der Waals surface area contributed by atoms with Gasteiger partial charge in [-0.15, -0.1) is 0 Å². The summed E-state index contributed by atoms with van der Waals surface area (Å²) in [5, 5.41) is 2.68. The Morgan fingerprint density at radius 2 is 1.73 bits per heavy atom. The first-order valence-corrected chi connectivity index (χ1v) is 15.0. The van der Waals surface area contributed by atoms with E-state index in [0.29, 0.717) is 40.9 Å². The summed E-state index contributed by atoms with van der Waals surface area (Å²) in [6.07, 6.45) is 1.77. The van der Waals surface area contributed by atoms with Crippen molar-refractivity contribution in [2.24, 2.45) is 0 Å². The minimum atomic E-state index is -3.83. The van der Waals surface area contributed by atoms with Crippen molar-refractivity contribution in [3.8, 4) is 11.1 Å². The number of likely N-dealkylation sites (tertiary alicyclic amines) is 1. The van der Waals surface area contributed by atoms with Crippen molar-refractivity contribution in [2.75, 3.05) is 24.7 Å². The lowest BCUT2D eigenvalue weighted by atomic mass is 10.0. The van der Waals surface area contributed by atoms with E-state index in [1.165, 1.54) is 12.1 Å². The molecule has 0 spiro atoms. The van der Waals surface area contributed by atoms with Gasteiger partial charge < -0.3 is 10.2 Å². The van der Waals surface area contributed by atoms with Gasteiger partial charge in [-0.2, -0.15) is 0 Å². The fourth-order valence-electron chi connectivity index (χ4n) is 4.70. The molecule has 1 atom stereocenters. The lowest BCUT2D eigenvalue weighted by molar-refractivity contribution is -0.115. The maximum atomic E-state index is 13.1. The lowest BCUT2D eigenvalue weighted by Crippen LogP contribution is -2.38. The molecule has 1 fully saturated rings. The molecule has 0 saturated carbocycles. The van der Waals surface area contributed by atoms with Crippen LogP contribution in [0.25, 0.3) is 11.1 Å². The van der Waals surface area contributed by atoms with Crippen molar-refractivity contribution in [1.29, 1.82) is 0 Å². The molecule has 1 saturated heterocycles. The Balaban J connectivity index is 1.26. The zero-order valence-corrected chi connectivity index (χ0v) is 21.6. The number of benzene rings is 3. The number of anilines is 1. The number of nitrogens with zero attached hydrogens (tertiary/aromatic N) is 1. The molecule has 5 rings (SSSR count). The van der Waals surface area contributed by atoms with E-state index in [1.807, 2.05) is 0 Å². The molecule has 1 unspecified atom stereocenters.